The van der Waals surface area contributed by atoms with Gasteiger partial charge in [-0.1, -0.05) is 0 Å². The maximum absolute atomic E-state index is 11.6. The lowest BCUT2D eigenvalue weighted by Crippen LogP contribution is -2.56. The lowest BCUT2D eigenvalue weighted by molar-refractivity contribution is -0.142. The summed E-state index contributed by atoms with van der Waals surface area (Å²) in [5.74, 6) is -1.05. The first-order valence-electron chi connectivity index (χ1n) is 5.82. The third-order valence-corrected chi connectivity index (χ3v) is 3.01. The van der Waals surface area contributed by atoms with E-state index in [1.54, 1.807) is 0 Å². The number of amides is 2. The molecule has 6 heteroatoms. The van der Waals surface area contributed by atoms with Crippen LogP contribution < -0.4 is 10.6 Å². The number of nitrogens with one attached hydrogen (secondary N) is 2. The molecule has 98 valence electrons. The van der Waals surface area contributed by atoms with E-state index in [1.807, 2.05) is 7.05 Å². The molecule has 1 aliphatic heterocycles. The van der Waals surface area contributed by atoms with E-state index >= 15 is 0 Å². The predicted molar refractivity (Wildman–Crippen MR) is 63.9 cm³/mol. The van der Waals surface area contributed by atoms with E-state index in [1.165, 1.54) is 13.8 Å². The van der Waals surface area contributed by atoms with Gasteiger partial charge in [0.1, 0.15) is 5.54 Å². The van der Waals surface area contributed by atoms with Gasteiger partial charge in [0.2, 0.25) is 0 Å². The smallest absolute Gasteiger partial charge is 0.328 e. The van der Waals surface area contributed by atoms with Crippen LogP contribution >= 0.6 is 0 Å². The molecule has 1 aliphatic rings. The Balaban J connectivity index is 2.37. The van der Waals surface area contributed by atoms with Gasteiger partial charge < -0.3 is 20.6 Å². The summed E-state index contributed by atoms with van der Waals surface area (Å²) in [6.45, 7) is 4.83. The zero-order valence-corrected chi connectivity index (χ0v) is 10.6. The van der Waals surface area contributed by atoms with E-state index in [4.69, 9.17) is 5.11 Å². The summed E-state index contributed by atoms with van der Waals surface area (Å²) in [5, 5.41) is 14.1. The summed E-state index contributed by atoms with van der Waals surface area (Å²) >= 11 is 0. The number of hydrogen-bond donors (Lipinski definition) is 3. The maximum atomic E-state index is 11.6. The molecule has 6 nitrogen and oxygen atoms in total. The number of carboxylic acids is 1. The van der Waals surface area contributed by atoms with Gasteiger partial charge in [0.25, 0.3) is 0 Å². The fraction of sp³-hybridized carbons (Fsp3) is 0.818. The number of urea groups is 1. The Morgan fingerprint density at radius 1 is 1.29 bits per heavy atom. The van der Waals surface area contributed by atoms with E-state index in [9.17, 15) is 9.59 Å². The van der Waals surface area contributed by atoms with Crippen LogP contribution in [-0.4, -0.2) is 53.7 Å². The van der Waals surface area contributed by atoms with Crippen LogP contribution in [0.15, 0.2) is 0 Å². The lowest BCUT2D eigenvalue weighted by Gasteiger charge is -2.30. The molecule has 1 heterocycles. The number of aliphatic carboxylic acids is 1. The number of rotatable bonds is 3. The molecule has 0 aromatic carbocycles. The molecule has 0 bridgehead atoms. The molecule has 1 rings (SSSR count). The first-order chi connectivity index (χ1) is 7.81. The van der Waals surface area contributed by atoms with Crippen molar-refractivity contribution < 1.29 is 14.7 Å². The van der Waals surface area contributed by atoms with E-state index in [-0.39, 0.29) is 6.04 Å². The van der Waals surface area contributed by atoms with E-state index in [2.05, 4.69) is 15.5 Å². The summed E-state index contributed by atoms with van der Waals surface area (Å²) in [6.07, 6.45) is 1.80. The van der Waals surface area contributed by atoms with Crippen LogP contribution in [-0.2, 0) is 4.79 Å². The molecule has 0 aromatic heterocycles. The van der Waals surface area contributed by atoms with Crippen LogP contribution in [0.3, 0.4) is 0 Å². The molecule has 0 spiro atoms. The van der Waals surface area contributed by atoms with Crippen LogP contribution in [0.5, 0.6) is 0 Å². The molecule has 0 unspecified atom stereocenters. The Morgan fingerprint density at radius 3 is 2.29 bits per heavy atom. The molecule has 0 aliphatic carbocycles. The zero-order chi connectivity index (χ0) is 13.1. The van der Waals surface area contributed by atoms with Gasteiger partial charge in [-0.05, 0) is 46.8 Å². The van der Waals surface area contributed by atoms with Crippen molar-refractivity contribution in [2.24, 2.45) is 0 Å². The van der Waals surface area contributed by atoms with Crippen molar-refractivity contribution >= 4 is 12.0 Å². The Bertz CT molecular complexity index is 296. The van der Waals surface area contributed by atoms with Crippen molar-refractivity contribution in [2.75, 3.05) is 20.1 Å². The highest BCUT2D eigenvalue weighted by Gasteiger charge is 2.29. The Kier molecular flexibility index (Phi) is 4.34. The predicted octanol–water partition coefficient (Wildman–Crippen LogP) is 0.243. The Labute approximate surface area is 101 Å². The van der Waals surface area contributed by atoms with Gasteiger partial charge in [0.15, 0.2) is 0 Å². The third kappa shape index (κ3) is 4.22. The summed E-state index contributed by atoms with van der Waals surface area (Å²) in [7, 11) is 2.05. The van der Waals surface area contributed by atoms with Gasteiger partial charge in [-0.2, -0.15) is 0 Å². The van der Waals surface area contributed by atoms with Crippen molar-refractivity contribution in [1.82, 2.24) is 15.5 Å². The Hall–Kier alpha value is -1.30. The van der Waals surface area contributed by atoms with Gasteiger partial charge in [-0.15, -0.1) is 0 Å². The lowest BCUT2D eigenvalue weighted by atomic mass is 10.1. The van der Waals surface area contributed by atoms with Crippen LogP contribution in [0, 0.1) is 0 Å². The van der Waals surface area contributed by atoms with E-state index in [0.29, 0.717) is 0 Å². The molecule has 3 N–H and O–H groups in total. The molecule has 1 fully saturated rings. The van der Waals surface area contributed by atoms with Crippen LogP contribution in [0.1, 0.15) is 26.7 Å². The minimum atomic E-state index is -1.24. The van der Waals surface area contributed by atoms with Gasteiger partial charge in [0, 0.05) is 6.04 Å². The normalized spacial score (nSPS) is 18.8. The molecule has 0 atom stereocenters. The van der Waals surface area contributed by atoms with Crippen molar-refractivity contribution in [3.63, 3.8) is 0 Å². The van der Waals surface area contributed by atoms with Crippen LogP contribution in [0.25, 0.3) is 0 Å². The standard InChI is InChI=1S/C11H21N3O3/c1-11(2,9(15)16)13-10(17)12-8-4-6-14(3)7-5-8/h8H,4-7H2,1-3H3,(H,15,16)(H2,12,13,17). The second-order valence-electron chi connectivity index (χ2n) is 5.11. The van der Waals surface area contributed by atoms with Crippen molar-refractivity contribution in [3.05, 3.63) is 0 Å². The molecular weight excluding hydrogens is 222 g/mol. The fourth-order valence-electron chi connectivity index (χ4n) is 1.71. The molecule has 17 heavy (non-hydrogen) atoms. The monoisotopic (exact) mass is 243 g/mol. The highest BCUT2D eigenvalue weighted by Crippen LogP contribution is 2.08. The number of nitrogens with zero attached hydrogens (tertiary/aromatic N) is 1. The van der Waals surface area contributed by atoms with Crippen molar-refractivity contribution in [3.8, 4) is 0 Å². The molecule has 2 amide bonds. The topological polar surface area (TPSA) is 81.7 Å². The SMILES string of the molecule is CN1CCC(NC(=O)NC(C)(C)C(=O)O)CC1. The largest absolute Gasteiger partial charge is 0.480 e. The number of piperidine rings is 1. The average Bonchev–Trinajstić information content (AvgIpc) is 2.20. The van der Waals surface area contributed by atoms with Crippen molar-refractivity contribution in [2.45, 2.75) is 38.3 Å². The summed E-state index contributed by atoms with van der Waals surface area (Å²) < 4.78 is 0. The minimum Gasteiger partial charge on any atom is -0.480 e. The first-order valence-corrected chi connectivity index (χ1v) is 5.82. The number of carbonyl (C=O) groups is 2. The van der Waals surface area contributed by atoms with Crippen molar-refractivity contribution in [1.29, 1.82) is 0 Å². The Morgan fingerprint density at radius 2 is 1.82 bits per heavy atom. The highest BCUT2D eigenvalue weighted by atomic mass is 16.4. The number of carboxylic acid groups (broad SMARTS) is 1. The van der Waals surface area contributed by atoms with E-state index < -0.39 is 17.5 Å². The first kappa shape index (κ1) is 13.8. The molecule has 1 saturated heterocycles. The average molecular weight is 243 g/mol. The van der Waals surface area contributed by atoms with Crippen LogP contribution in [0.2, 0.25) is 0 Å². The zero-order valence-electron chi connectivity index (χ0n) is 10.6. The molecular formula is C11H21N3O3. The maximum Gasteiger partial charge on any atom is 0.328 e. The minimum absolute atomic E-state index is 0.135. The van der Waals surface area contributed by atoms with Gasteiger partial charge in [-0.3, -0.25) is 0 Å². The second kappa shape index (κ2) is 5.35. The van der Waals surface area contributed by atoms with E-state index in [0.717, 1.165) is 25.9 Å². The fourth-order valence-corrected chi connectivity index (χ4v) is 1.71. The second-order valence-corrected chi connectivity index (χ2v) is 5.11. The van der Waals surface area contributed by atoms with Gasteiger partial charge in [-0.25, -0.2) is 9.59 Å². The molecule has 0 radical (unpaired) electrons. The number of carbonyl (C=O) groups excluding carboxylic acids is 1. The molecule has 0 saturated carbocycles. The summed E-state index contributed by atoms with van der Waals surface area (Å²) in [6, 6.07) is -0.275. The number of likely N-dealkylation sites (tertiary alicyclic amines) is 1. The third-order valence-electron chi connectivity index (χ3n) is 3.01. The number of hydrogen-bond acceptors (Lipinski definition) is 3. The van der Waals surface area contributed by atoms with Crippen LogP contribution in [0.4, 0.5) is 4.79 Å². The quantitative estimate of drug-likeness (QED) is 0.663. The summed E-state index contributed by atoms with van der Waals surface area (Å²) in [5.41, 5.74) is -1.24. The highest BCUT2D eigenvalue weighted by molar-refractivity contribution is 5.85. The molecule has 0 aromatic rings. The summed E-state index contributed by atoms with van der Waals surface area (Å²) in [4.78, 5) is 24.7. The van der Waals surface area contributed by atoms with Gasteiger partial charge >= 0.3 is 12.0 Å². The van der Waals surface area contributed by atoms with Gasteiger partial charge in [0.05, 0.1) is 0 Å².